The lowest BCUT2D eigenvalue weighted by Gasteiger charge is -2.10. The Morgan fingerprint density at radius 3 is 2.25 bits per heavy atom. The Kier molecular flexibility index (Phi) is 3.35. The lowest BCUT2D eigenvalue weighted by molar-refractivity contribution is -0.114. The molecule has 0 aromatic heterocycles. The van der Waals surface area contributed by atoms with Crippen LogP contribution in [0.4, 0.5) is 5.69 Å². The van der Waals surface area contributed by atoms with Crippen LogP contribution in [0.5, 0.6) is 0 Å². The molecule has 88 valence electrons. The average molecular weight is 243 g/mol. The molecule has 6 heteroatoms. The van der Waals surface area contributed by atoms with Gasteiger partial charge in [-0.15, -0.1) is 0 Å². The topological polar surface area (TPSA) is 83.5 Å². The minimum atomic E-state index is -4.26. The van der Waals surface area contributed by atoms with Crippen molar-refractivity contribution >= 4 is 21.7 Å². The van der Waals surface area contributed by atoms with Gasteiger partial charge in [-0.25, -0.2) is 0 Å². The molecular weight excluding hydrogens is 230 g/mol. The SMILES string of the molecule is CC(=O)Nc1cc(S(=O)(=O)O)c(C)cc1C. The number of nitrogens with one attached hydrogen (secondary N) is 1. The first-order valence-electron chi connectivity index (χ1n) is 4.58. The van der Waals surface area contributed by atoms with E-state index in [1.54, 1.807) is 19.9 Å². The summed E-state index contributed by atoms with van der Waals surface area (Å²) in [6.07, 6.45) is 0. The standard InChI is InChI=1S/C10H13NO4S/c1-6-4-7(2)10(16(13,14)15)5-9(6)11-8(3)12/h4-5H,1-3H3,(H,11,12)(H,13,14,15). The minimum absolute atomic E-state index is 0.193. The molecule has 0 fully saturated rings. The van der Waals surface area contributed by atoms with E-state index in [0.29, 0.717) is 11.3 Å². The summed E-state index contributed by atoms with van der Waals surface area (Å²) in [6.45, 7) is 4.64. The molecule has 1 aromatic rings. The zero-order valence-corrected chi connectivity index (χ0v) is 10.1. The third-order valence-corrected chi connectivity index (χ3v) is 3.11. The predicted molar refractivity (Wildman–Crippen MR) is 60.0 cm³/mol. The van der Waals surface area contributed by atoms with Crippen LogP contribution < -0.4 is 5.32 Å². The number of hydrogen-bond donors (Lipinski definition) is 2. The second-order valence-electron chi connectivity index (χ2n) is 3.59. The quantitative estimate of drug-likeness (QED) is 0.771. The van der Waals surface area contributed by atoms with Crippen molar-refractivity contribution in [2.75, 3.05) is 5.32 Å². The molecule has 0 atom stereocenters. The molecule has 0 aliphatic rings. The highest BCUT2D eigenvalue weighted by atomic mass is 32.2. The summed E-state index contributed by atoms with van der Waals surface area (Å²) >= 11 is 0. The summed E-state index contributed by atoms with van der Waals surface area (Å²) in [6, 6.07) is 2.84. The molecule has 0 saturated carbocycles. The van der Waals surface area contributed by atoms with Gasteiger partial charge in [0.25, 0.3) is 10.1 Å². The fraction of sp³-hybridized carbons (Fsp3) is 0.300. The van der Waals surface area contributed by atoms with Crippen molar-refractivity contribution in [2.45, 2.75) is 25.7 Å². The monoisotopic (exact) mass is 243 g/mol. The van der Waals surface area contributed by atoms with Gasteiger partial charge < -0.3 is 5.32 Å². The first-order valence-corrected chi connectivity index (χ1v) is 6.02. The van der Waals surface area contributed by atoms with Gasteiger partial charge in [-0.3, -0.25) is 9.35 Å². The maximum absolute atomic E-state index is 11.0. The first kappa shape index (κ1) is 12.7. The Labute approximate surface area is 94.2 Å². The van der Waals surface area contributed by atoms with Crippen LogP contribution in [-0.4, -0.2) is 18.9 Å². The van der Waals surface area contributed by atoms with Crippen LogP contribution in [0.3, 0.4) is 0 Å². The molecule has 1 amide bonds. The van der Waals surface area contributed by atoms with Crippen molar-refractivity contribution in [3.8, 4) is 0 Å². The van der Waals surface area contributed by atoms with Gasteiger partial charge in [0.1, 0.15) is 0 Å². The van der Waals surface area contributed by atoms with Crippen molar-refractivity contribution in [3.05, 3.63) is 23.3 Å². The van der Waals surface area contributed by atoms with Crippen LogP contribution in [0.15, 0.2) is 17.0 Å². The fourth-order valence-corrected chi connectivity index (χ4v) is 2.17. The lowest BCUT2D eigenvalue weighted by atomic mass is 10.1. The Morgan fingerprint density at radius 1 is 1.25 bits per heavy atom. The van der Waals surface area contributed by atoms with Gasteiger partial charge >= 0.3 is 0 Å². The summed E-state index contributed by atoms with van der Waals surface area (Å²) in [5.41, 5.74) is 1.56. The van der Waals surface area contributed by atoms with Crippen molar-refractivity contribution in [3.63, 3.8) is 0 Å². The number of hydrogen-bond acceptors (Lipinski definition) is 3. The van der Waals surface area contributed by atoms with Crippen molar-refractivity contribution < 1.29 is 17.8 Å². The van der Waals surface area contributed by atoms with E-state index in [0.717, 1.165) is 5.56 Å². The van der Waals surface area contributed by atoms with Crippen LogP contribution >= 0.6 is 0 Å². The molecule has 2 N–H and O–H groups in total. The zero-order chi connectivity index (χ0) is 12.5. The van der Waals surface area contributed by atoms with E-state index in [9.17, 15) is 13.2 Å². The molecule has 0 radical (unpaired) electrons. The maximum Gasteiger partial charge on any atom is 0.294 e. The van der Waals surface area contributed by atoms with E-state index in [1.807, 2.05) is 0 Å². The van der Waals surface area contributed by atoms with Crippen molar-refractivity contribution in [2.24, 2.45) is 0 Å². The highest BCUT2D eigenvalue weighted by Crippen LogP contribution is 2.23. The maximum atomic E-state index is 11.0. The second-order valence-corrected chi connectivity index (χ2v) is 4.98. The Morgan fingerprint density at radius 2 is 1.81 bits per heavy atom. The minimum Gasteiger partial charge on any atom is -0.326 e. The molecule has 16 heavy (non-hydrogen) atoms. The molecular formula is C10H13NO4S. The summed E-state index contributed by atoms with van der Waals surface area (Å²) in [4.78, 5) is 10.7. The number of rotatable bonds is 2. The van der Waals surface area contributed by atoms with Crippen LogP contribution in [0.25, 0.3) is 0 Å². The van der Waals surface area contributed by atoms with Gasteiger partial charge in [-0.1, -0.05) is 6.07 Å². The zero-order valence-electron chi connectivity index (χ0n) is 9.23. The molecule has 1 aromatic carbocycles. The number of benzene rings is 1. The Balaban J connectivity index is 3.38. The number of carbonyl (C=O) groups is 1. The highest BCUT2D eigenvalue weighted by molar-refractivity contribution is 7.85. The molecule has 0 bridgehead atoms. The lowest BCUT2D eigenvalue weighted by Crippen LogP contribution is -2.09. The third-order valence-electron chi connectivity index (χ3n) is 2.11. The normalized spacial score (nSPS) is 11.2. The number of aryl methyl sites for hydroxylation is 2. The van der Waals surface area contributed by atoms with Gasteiger partial charge in [-0.05, 0) is 31.0 Å². The van der Waals surface area contributed by atoms with Crippen molar-refractivity contribution in [1.82, 2.24) is 0 Å². The molecule has 0 spiro atoms. The summed E-state index contributed by atoms with van der Waals surface area (Å²) in [5.74, 6) is -0.298. The summed E-state index contributed by atoms with van der Waals surface area (Å²) in [5, 5.41) is 2.50. The van der Waals surface area contributed by atoms with Gasteiger partial charge in [0.2, 0.25) is 5.91 Å². The van der Waals surface area contributed by atoms with E-state index >= 15 is 0 Å². The van der Waals surface area contributed by atoms with E-state index < -0.39 is 10.1 Å². The molecule has 0 aliphatic heterocycles. The number of carbonyl (C=O) groups excluding carboxylic acids is 1. The van der Waals surface area contributed by atoms with Crippen molar-refractivity contribution in [1.29, 1.82) is 0 Å². The van der Waals surface area contributed by atoms with E-state index in [2.05, 4.69) is 5.32 Å². The predicted octanol–water partition coefficient (Wildman–Crippen LogP) is 1.51. The van der Waals surface area contributed by atoms with Gasteiger partial charge in [0, 0.05) is 12.6 Å². The summed E-state index contributed by atoms with van der Waals surface area (Å²) < 4.78 is 31.1. The molecule has 1 rings (SSSR count). The molecule has 0 aliphatic carbocycles. The third kappa shape index (κ3) is 2.80. The van der Waals surface area contributed by atoms with Gasteiger partial charge in [-0.2, -0.15) is 8.42 Å². The van der Waals surface area contributed by atoms with E-state index in [-0.39, 0.29) is 10.8 Å². The van der Waals surface area contributed by atoms with E-state index in [4.69, 9.17) is 4.55 Å². The average Bonchev–Trinajstić information content (AvgIpc) is 2.06. The number of anilines is 1. The largest absolute Gasteiger partial charge is 0.326 e. The van der Waals surface area contributed by atoms with Crippen LogP contribution in [-0.2, 0) is 14.9 Å². The Hall–Kier alpha value is -1.40. The molecule has 5 nitrogen and oxygen atoms in total. The first-order chi connectivity index (χ1) is 7.21. The number of amides is 1. The van der Waals surface area contributed by atoms with Gasteiger partial charge in [0.05, 0.1) is 4.90 Å². The van der Waals surface area contributed by atoms with Crippen LogP contribution in [0.1, 0.15) is 18.1 Å². The van der Waals surface area contributed by atoms with E-state index in [1.165, 1.54) is 13.0 Å². The molecule has 0 unspecified atom stereocenters. The highest BCUT2D eigenvalue weighted by Gasteiger charge is 2.15. The summed E-state index contributed by atoms with van der Waals surface area (Å²) in [7, 11) is -4.26. The second kappa shape index (κ2) is 4.23. The Bertz CT molecular complexity index is 534. The smallest absolute Gasteiger partial charge is 0.294 e. The van der Waals surface area contributed by atoms with Crippen LogP contribution in [0, 0.1) is 13.8 Å². The fourth-order valence-electron chi connectivity index (χ4n) is 1.43. The molecule has 0 heterocycles. The van der Waals surface area contributed by atoms with Crippen LogP contribution in [0.2, 0.25) is 0 Å². The van der Waals surface area contributed by atoms with Gasteiger partial charge in [0.15, 0.2) is 0 Å². The molecule has 0 saturated heterocycles.